The van der Waals surface area contributed by atoms with Crippen molar-refractivity contribution in [2.45, 2.75) is 6.61 Å². The maximum atomic E-state index is 5.92. The number of pyridine rings is 1. The molecule has 0 spiro atoms. The van der Waals surface area contributed by atoms with Crippen LogP contribution >= 0.6 is 11.3 Å². The van der Waals surface area contributed by atoms with Crippen molar-refractivity contribution in [3.05, 3.63) is 72.1 Å². The van der Waals surface area contributed by atoms with Crippen LogP contribution in [0.2, 0.25) is 0 Å². The number of benzene rings is 1. The number of rotatable bonds is 4. The van der Waals surface area contributed by atoms with Gasteiger partial charge in [-0.15, -0.1) is 11.3 Å². The zero-order valence-corrected chi connectivity index (χ0v) is 13.0. The van der Waals surface area contributed by atoms with Crippen LogP contribution in [-0.4, -0.2) is 15.0 Å². The standard InChI is InChI=1S/C18H13N3OS/c1-2-6-13(7-3-1)15-11-23-18-16(15)17(20-12-21-18)22-10-14-8-4-5-9-19-14/h1-9,11-12H,10H2. The Hall–Kier alpha value is -2.79. The number of thiophene rings is 1. The Balaban J connectivity index is 1.73. The highest BCUT2D eigenvalue weighted by Crippen LogP contribution is 2.37. The number of ether oxygens (including phenoxy) is 1. The lowest BCUT2D eigenvalue weighted by atomic mass is 10.1. The van der Waals surface area contributed by atoms with Crippen LogP contribution in [0.5, 0.6) is 5.88 Å². The molecule has 3 heterocycles. The zero-order valence-electron chi connectivity index (χ0n) is 12.2. The van der Waals surface area contributed by atoms with Crippen LogP contribution in [0.1, 0.15) is 5.69 Å². The Labute approximate surface area is 137 Å². The topological polar surface area (TPSA) is 47.9 Å². The Morgan fingerprint density at radius 1 is 0.913 bits per heavy atom. The largest absolute Gasteiger partial charge is 0.471 e. The van der Waals surface area contributed by atoms with Gasteiger partial charge in [0.1, 0.15) is 17.8 Å². The van der Waals surface area contributed by atoms with Crippen LogP contribution in [0.25, 0.3) is 21.3 Å². The van der Waals surface area contributed by atoms with Gasteiger partial charge in [0.25, 0.3) is 0 Å². The van der Waals surface area contributed by atoms with E-state index in [0.29, 0.717) is 12.5 Å². The SMILES string of the molecule is c1ccc(-c2csc3ncnc(OCc4ccccn4)c23)cc1. The van der Waals surface area contributed by atoms with Gasteiger partial charge < -0.3 is 4.74 Å². The summed E-state index contributed by atoms with van der Waals surface area (Å²) in [7, 11) is 0. The summed E-state index contributed by atoms with van der Waals surface area (Å²) in [4.78, 5) is 13.9. The second-order valence-electron chi connectivity index (χ2n) is 4.98. The third kappa shape index (κ3) is 2.78. The van der Waals surface area contributed by atoms with E-state index in [1.54, 1.807) is 23.9 Å². The summed E-state index contributed by atoms with van der Waals surface area (Å²) in [5.41, 5.74) is 3.11. The fourth-order valence-electron chi connectivity index (χ4n) is 2.41. The fourth-order valence-corrected chi connectivity index (χ4v) is 3.32. The van der Waals surface area contributed by atoms with Gasteiger partial charge in [-0.1, -0.05) is 36.4 Å². The molecule has 0 aliphatic rings. The Bertz CT molecular complexity index is 923. The van der Waals surface area contributed by atoms with E-state index in [4.69, 9.17) is 4.74 Å². The zero-order chi connectivity index (χ0) is 15.5. The molecule has 0 saturated carbocycles. The van der Waals surface area contributed by atoms with E-state index in [0.717, 1.165) is 27.0 Å². The minimum Gasteiger partial charge on any atom is -0.471 e. The van der Waals surface area contributed by atoms with Crippen molar-refractivity contribution in [2.75, 3.05) is 0 Å². The molecule has 0 radical (unpaired) electrons. The van der Waals surface area contributed by atoms with E-state index < -0.39 is 0 Å². The molecule has 1 aromatic carbocycles. The third-order valence-corrected chi connectivity index (χ3v) is 4.39. The van der Waals surface area contributed by atoms with E-state index in [1.165, 1.54) is 0 Å². The molecule has 4 nitrogen and oxygen atoms in total. The molecule has 112 valence electrons. The molecule has 0 atom stereocenters. The van der Waals surface area contributed by atoms with Crippen molar-refractivity contribution < 1.29 is 4.74 Å². The number of aromatic nitrogens is 3. The molecule has 0 aliphatic heterocycles. The van der Waals surface area contributed by atoms with Crippen molar-refractivity contribution >= 4 is 21.6 Å². The van der Waals surface area contributed by atoms with Crippen LogP contribution in [0.4, 0.5) is 0 Å². The second-order valence-corrected chi connectivity index (χ2v) is 5.84. The number of hydrogen-bond acceptors (Lipinski definition) is 5. The predicted octanol–water partition coefficient (Wildman–Crippen LogP) is 4.33. The van der Waals surface area contributed by atoms with Gasteiger partial charge in [-0.3, -0.25) is 4.98 Å². The van der Waals surface area contributed by atoms with Crippen molar-refractivity contribution in [3.8, 4) is 17.0 Å². The Morgan fingerprint density at radius 2 is 1.78 bits per heavy atom. The Kier molecular flexibility index (Phi) is 3.70. The summed E-state index contributed by atoms with van der Waals surface area (Å²) in [6.07, 6.45) is 3.30. The van der Waals surface area contributed by atoms with E-state index >= 15 is 0 Å². The monoisotopic (exact) mass is 319 g/mol. The lowest BCUT2D eigenvalue weighted by Gasteiger charge is -2.07. The molecule has 23 heavy (non-hydrogen) atoms. The first-order valence-electron chi connectivity index (χ1n) is 7.22. The smallest absolute Gasteiger partial charge is 0.226 e. The second kappa shape index (κ2) is 6.14. The first-order valence-corrected chi connectivity index (χ1v) is 8.10. The lowest BCUT2D eigenvalue weighted by molar-refractivity contribution is 0.293. The van der Waals surface area contributed by atoms with Gasteiger partial charge in [0, 0.05) is 17.1 Å². The molecule has 4 rings (SSSR count). The maximum absolute atomic E-state index is 5.92. The van der Waals surface area contributed by atoms with Crippen molar-refractivity contribution in [2.24, 2.45) is 0 Å². The van der Waals surface area contributed by atoms with E-state index in [9.17, 15) is 0 Å². The molecule has 0 N–H and O–H groups in total. The Morgan fingerprint density at radius 3 is 2.61 bits per heavy atom. The molecule has 4 aromatic rings. The van der Waals surface area contributed by atoms with Crippen LogP contribution < -0.4 is 4.74 Å². The quantitative estimate of drug-likeness (QED) is 0.561. The molecule has 0 fully saturated rings. The first-order chi connectivity index (χ1) is 11.4. The molecular formula is C18H13N3OS. The van der Waals surface area contributed by atoms with Gasteiger partial charge in [0.2, 0.25) is 5.88 Å². The van der Waals surface area contributed by atoms with Crippen molar-refractivity contribution in [1.82, 2.24) is 15.0 Å². The first kappa shape index (κ1) is 13.8. The average molecular weight is 319 g/mol. The van der Waals surface area contributed by atoms with Gasteiger partial charge in [-0.2, -0.15) is 0 Å². The molecular weight excluding hydrogens is 306 g/mol. The van der Waals surface area contributed by atoms with Gasteiger partial charge in [-0.25, -0.2) is 9.97 Å². The summed E-state index contributed by atoms with van der Waals surface area (Å²) < 4.78 is 5.92. The molecule has 0 amide bonds. The number of fused-ring (bicyclic) bond motifs is 1. The highest BCUT2D eigenvalue weighted by molar-refractivity contribution is 7.17. The average Bonchev–Trinajstić information content (AvgIpc) is 3.06. The summed E-state index contributed by atoms with van der Waals surface area (Å²) in [6, 6.07) is 16.0. The number of nitrogens with zero attached hydrogens (tertiary/aromatic N) is 3. The molecule has 0 unspecified atom stereocenters. The van der Waals surface area contributed by atoms with E-state index in [1.807, 2.05) is 36.4 Å². The van der Waals surface area contributed by atoms with Gasteiger partial charge in [0.05, 0.1) is 11.1 Å². The van der Waals surface area contributed by atoms with Crippen LogP contribution in [0.15, 0.2) is 66.4 Å². The predicted molar refractivity (Wildman–Crippen MR) is 91.4 cm³/mol. The molecule has 0 bridgehead atoms. The maximum Gasteiger partial charge on any atom is 0.226 e. The van der Waals surface area contributed by atoms with Crippen molar-refractivity contribution in [3.63, 3.8) is 0 Å². The minimum absolute atomic E-state index is 0.386. The molecule has 5 heteroatoms. The highest BCUT2D eigenvalue weighted by atomic mass is 32.1. The van der Waals surface area contributed by atoms with Gasteiger partial charge in [0.15, 0.2) is 0 Å². The fraction of sp³-hybridized carbons (Fsp3) is 0.0556. The van der Waals surface area contributed by atoms with Gasteiger partial charge >= 0.3 is 0 Å². The summed E-state index contributed by atoms with van der Waals surface area (Å²) in [6.45, 7) is 0.386. The minimum atomic E-state index is 0.386. The molecule has 3 aromatic heterocycles. The molecule has 0 aliphatic carbocycles. The van der Waals surface area contributed by atoms with Gasteiger partial charge in [-0.05, 0) is 17.7 Å². The number of hydrogen-bond donors (Lipinski definition) is 0. The summed E-state index contributed by atoms with van der Waals surface area (Å²) >= 11 is 1.60. The van der Waals surface area contributed by atoms with Crippen molar-refractivity contribution in [1.29, 1.82) is 0 Å². The van der Waals surface area contributed by atoms with Crippen LogP contribution in [0.3, 0.4) is 0 Å². The third-order valence-electron chi connectivity index (χ3n) is 3.50. The lowest BCUT2D eigenvalue weighted by Crippen LogP contribution is -2.00. The van der Waals surface area contributed by atoms with Crippen LogP contribution in [0, 0.1) is 0 Å². The summed E-state index contributed by atoms with van der Waals surface area (Å²) in [5.74, 6) is 0.598. The van der Waals surface area contributed by atoms with E-state index in [-0.39, 0.29) is 0 Å². The van der Waals surface area contributed by atoms with Crippen LogP contribution in [-0.2, 0) is 6.61 Å². The van der Waals surface area contributed by atoms with E-state index in [2.05, 4.69) is 32.5 Å². The highest BCUT2D eigenvalue weighted by Gasteiger charge is 2.14. The summed E-state index contributed by atoms with van der Waals surface area (Å²) in [5, 5.41) is 3.06. The normalized spacial score (nSPS) is 10.8. The molecule has 0 saturated heterocycles.